The lowest BCUT2D eigenvalue weighted by Crippen LogP contribution is -2.48. The van der Waals surface area contributed by atoms with Crippen LogP contribution in [0, 0.1) is 13.8 Å². The minimum absolute atomic E-state index is 0.233. The van der Waals surface area contributed by atoms with Crippen LogP contribution in [0.5, 0.6) is 5.75 Å². The molecule has 2 atom stereocenters. The molecule has 2 rings (SSSR count). The van der Waals surface area contributed by atoms with Gasteiger partial charge in [-0.3, -0.25) is 4.79 Å². The lowest BCUT2D eigenvalue weighted by molar-refractivity contribution is -0.123. The molecule has 1 heterocycles. The van der Waals surface area contributed by atoms with E-state index in [1.807, 2.05) is 25.1 Å². The number of aryl methyl sites for hydroxylation is 2. The maximum absolute atomic E-state index is 10.6. The summed E-state index contributed by atoms with van der Waals surface area (Å²) in [5.41, 5.74) is 2.39. The van der Waals surface area contributed by atoms with Crippen molar-refractivity contribution < 1.29 is 14.6 Å². The number of carbonyl (C=O) groups is 1. The Balaban J connectivity index is 2.01. The second kappa shape index (κ2) is 5.40. The van der Waals surface area contributed by atoms with Crippen LogP contribution in [0.25, 0.3) is 0 Å². The van der Waals surface area contributed by atoms with Gasteiger partial charge in [-0.15, -0.1) is 0 Å². The SMILES string of the molecule is Cc1ccc(O[C@@H]2CCN(C=O)C[C@@H]2O)cc1C. The molecular weight excluding hydrogens is 230 g/mol. The highest BCUT2D eigenvalue weighted by Crippen LogP contribution is 2.21. The lowest BCUT2D eigenvalue weighted by Gasteiger charge is -2.33. The van der Waals surface area contributed by atoms with Crippen molar-refractivity contribution >= 4 is 6.41 Å². The Morgan fingerprint density at radius 3 is 2.78 bits per heavy atom. The van der Waals surface area contributed by atoms with Crippen LogP contribution >= 0.6 is 0 Å². The summed E-state index contributed by atoms with van der Waals surface area (Å²) in [7, 11) is 0. The third kappa shape index (κ3) is 2.82. The van der Waals surface area contributed by atoms with Crippen molar-refractivity contribution in [3.05, 3.63) is 29.3 Å². The average Bonchev–Trinajstić information content (AvgIpc) is 2.36. The fourth-order valence-electron chi connectivity index (χ4n) is 2.13. The van der Waals surface area contributed by atoms with Crippen molar-refractivity contribution in [2.75, 3.05) is 13.1 Å². The van der Waals surface area contributed by atoms with Crippen LogP contribution in [-0.4, -0.2) is 41.7 Å². The van der Waals surface area contributed by atoms with E-state index < -0.39 is 6.10 Å². The van der Waals surface area contributed by atoms with Crippen molar-refractivity contribution in [3.8, 4) is 5.75 Å². The summed E-state index contributed by atoms with van der Waals surface area (Å²) in [6.45, 7) is 5.07. The van der Waals surface area contributed by atoms with Gasteiger partial charge in [0.2, 0.25) is 6.41 Å². The Labute approximate surface area is 107 Å². The first kappa shape index (κ1) is 12.9. The monoisotopic (exact) mass is 249 g/mol. The number of ether oxygens (including phenoxy) is 1. The molecule has 0 aliphatic carbocycles. The third-order valence-electron chi connectivity index (χ3n) is 3.47. The third-order valence-corrected chi connectivity index (χ3v) is 3.47. The van der Waals surface area contributed by atoms with Crippen LogP contribution in [0.4, 0.5) is 0 Å². The summed E-state index contributed by atoms with van der Waals surface area (Å²) >= 11 is 0. The summed E-state index contributed by atoms with van der Waals surface area (Å²) in [5, 5.41) is 9.93. The molecule has 1 aromatic rings. The van der Waals surface area contributed by atoms with Crippen LogP contribution in [0.2, 0.25) is 0 Å². The fraction of sp³-hybridized carbons (Fsp3) is 0.500. The fourth-order valence-corrected chi connectivity index (χ4v) is 2.13. The Morgan fingerprint density at radius 1 is 1.39 bits per heavy atom. The van der Waals surface area contributed by atoms with Crippen molar-refractivity contribution in [3.63, 3.8) is 0 Å². The van der Waals surface area contributed by atoms with Crippen LogP contribution in [0.15, 0.2) is 18.2 Å². The van der Waals surface area contributed by atoms with E-state index in [0.717, 1.165) is 12.2 Å². The molecule has 0 unspecified atom stereocenters. The smallest absolute Gasteiger partial charge is 0.209 e. The summed E-state index contributed by atoms with van der Waals surface area (Å²) in [5.74, 6) is 0.779. The molecule has 0 aromatic heterocycles. The first-order valence-corrected chi connectivity index (χ1v) is 6.21. The zero-order valence-electron chi connectivity index (χ0n) is 10.8. The molecule has 1 aromatic carbocycles. The number of aliphatic hydroxyl groups is 1. The minimum atomic E-state index is -0.620. The minimum Gasteiger partial charge on any atom is -0.488 e. The molecule has 4 heteroatoms. The van der Waals surface area contributed by atoms with Crippen LogP contribution in [0.1, 0.15) is 17.5 Å². The van der Waals surface area contributed by atoms with Gasteiger partial charge >= 0.3 is 0 Å². The van der Waals surface area contributed by atoms with Gasteiger partial charge < -0.3 is 14.7 Å². The Morgan fingerprint density at radius 2 is 2.17 bits per heavy atom. The van der Waals surface area contributed by atoms with Crippen molar-refractivity contribution in [2.45, 2.75) is 32.5 Å². The number of nitrogens with zero attached hydrogens (tertiary/aromatic N) is 1. The van der Waals surface area contributed by atoms with Gasteiger partial charge in [-0.25, -0.2) is 0 Å². The molecule has 1 aliphatic heterocycles. The first-order valence-electron chi connectivity index (χ1n) is 6.21. The maximum Gasteiger partial charge on any atom is 0.209 e. The highest BCUT2D eigenvalue weighted by atomic mass is 16.5. The first-order chi connectivity index (χ1) is 8.60. The zero-order valence-corrected chi connectivity index (χ0v) is 10.8. The molecule has 98 valence electrons. The number of piperidine rings is 1. The Hall–Kier alpha value is -1.55. The van der Waals surface area contributed by atoms with E-state index >= 15 is 0 Å². The molecule has 1 amide bonds. The number of hydrogen-bond acceptors (Lipinski definition) is 3. The lowest BCUT2D eigenvalue weighted by atomic mass is 10.0. The van der Waals surface area contributed by atoms with Crippen LogP contribution < -0.4 is 4.74 Å². The van der Waals surface area contributed by atoms with Gasteiger partial charge in [0.1, 0.15) is 18.0 Å². The molecular formula is C14H19NO3. The molecule has 4 nitrogen and oxygen atoms in total. The molecule has 18 heavy (non-hydrogen) atoms. The number of benzene rings is 1. The molecule has 1 aliphatic rings. The summed E-state index contributed by atoms with van der Waals surface area (Å²) < 4.78 is 5.80. The molecule has 1 N–H and O–H groups in total. The molecule has 0 spiro atoms. The standard InChI is InChI=1S/C14H19NO3/c1-10-3-4-12(7-11(10)2)18-14-5-6-15(9-16)8-13(14)17/h3-4,7,9,13-14,17H,5-6,8H2,1-2H3/t13-,14+/m0/s1. The highest BCUT2D eigenvalue weighted by Gasteiger charge is 2.28. The van der Waals surface area contributed by atoms with Crippen LogP contribution in [-0.2, 0) is 4.79 Å². The molecule has 1 saturated heterocycles. The summed E-state index contributed by atoms with van der Waals surface area (Å²) in [4.78, 5) is 12.2. The summed E-state index contributed by atoms with van der Waals surface area (Å²) in [6, 6.07) is 5.91. The Kier molecular flexibility index (Phi) is 3.87. The average molecular weight is 249 g/mol. The molecule has 1 fully saturated rings. The van der Waals surface area contributed by atoms with Gasteiger partial charge in [-0.1, -0.05) is 6.07 Å². The van der Waals surface area contributed by atoms with Gasteiger partial charge in [0.15, 0.2) is 0 Å². The maximum atomic E-state index is 10.6. The van der Waals surface area contributed by atoms with Crippen LogP contribution in [0.3, 0.4) is 0 Å². The largest absolute Gasteiger partial charge is 0.488 e. The van der Waals surface area contributed by atoms with Crippen molar-refractivity contribution in [1.29, 1.82) is 0 Å². The van der Waals surface area contributed by atoms with E-state index in [4.69, 9.17) is 4.74 Å². The second-order valence-electron chi connectivity index (χ2n) is 4.86. The van der Waals surface area contributed by atoms with Gasteiger partial charge in [-0.2, -0.15) is 0 Å². The number of β-amino-alcohol motifs (C(OH)–C–C–N with tert-alkyl or cyclic N) is 1. The number of carbonyl (C=O) groups excluding carboxylic acids is 1. The van der Waals surface area contributed by atoms with E-state index in [2.05, 4.69) is 6.92 Å². The summed E-state index contributed by atoms with van der Waals surface area (Å²) in [6.07, 6.45) is 0.580. The van der Waals surface area contributed by atoms with E-state index in [-0.39, 0.29) is 6.10 Å². The normalized spacial score (nSPS) is 23.8. The molecule has 0 bridgehead atoms. The highest BCUT2D eigenvalue weighted by molar-refractivity contribution is 5.47. The van der Waals surface area contributed by atoms with E-state index in [9.17, 15) is 9.90 Å². The van der Waals surface area contributed by atoms with Crippen molar-refractivity contribution in [1.82, 2.24) is 4.90 Å². The predicted molar refractivity (Wildman–Crippen MR) is 68.6 cm³/mol. The number of likely N-dealkylation sites (tertiary alicyclic amines) is 1. The topological polar surface area (TPSA) is 49.8 Å². The number of amides is 1. The molecule has 0 saturated carbocycles. The van der Waals surface area contributed by atoms with E-state index in [0.29, 0.717) is 19.5 Å². The zero-order chi connectivity index (χ0) is 13.1. The number of aliphatic hydroxyl groups excluding tert-OH is 1. The molecule has 0 radical (unpaired) electrons. The van der Waals surface area contributed by atoms with E-state index in [1.165, 1.54) is 11.1 Å². The Bertz CT molecular complexity index is 433. The van der Waals surface area contributed by atoms with Gasteiger partial charge in [0.05, 0.1) is 0 Å². The number of hydrogen-bond donors (Lipinski definition) is 1. The van der Waals surface area contributed by atoms with Gasteiger partial charge in [0.25, 0.3) is 0 Å². The predicted octanol–water partition coefficient (Wildman–Crippen LogP) is 1.27. The van der Waals surface area contributed by atoms with Crippen molar-refractivity contribution in [2.24, 2.45) is 0 Å². The number of rotatable bonds is 3. The van der Waals surface area contributed by atoms with Gasteiger partial charge in [-0.05, 0) is 37.1 Å². The van der Waals surface area contributed by atoms with E-state index in [1.54, 1.807) is 4.90 Å². The quantitative estimate of drug-likeness (QED) is 0.821. The second-order valence-corrected chi connectivity index (χ2v) is 4.86. The van der Waals surface area contributed by atoms with Gasteiger partial charge in [0, 0.05) is 19.5 Å².